The highest BCUT2D eigenvalue weighted by Crippen LogP contribution is 2.36. The number of hydrogen-bond donors (Lipinski definition) is 1. The second-order valence-corrected chi connectivity index (χ2v) is 6.45. The van der Waals surface area contributed by atoms with Crippen molar-refractivity contribution in [1.82, 2.24) is 15.1 Å². The summed E-state index contributed by atoms with van der Waals surface area (Å²) in [7, 11) is 6.73. The molecule has 0 amide bonds. The third kappa shape index (κ3) is 3.94. The van der Waals surface area contributed by atoms with Crippen LogP contribution in [0.3, 0.4) is 0 Å². The molecule has 1 saturated carbocycles. The summed E-state index contributed by atoms with van der Waals surface area (Å²) in [6.07, 6.45) is 5.31. The molecule has 0 aliphatic heterocycles. The molecule has 0 radical (unpaired) electrons. The van der Waals surface area contributed by atoms with Gasteiger partial charge in [0.2, 0.25) is 0 Å². The van der Waals surface area contributed by atoms with Gasteiger partial charge in [0.25, 0.3) is 0 Å². The standard InChI is InChI=1S/C15H33N3/c1-7-13(2)16-11-14(3)18(6)12-15(17(4)5)9-8-10-15/h13-14,16H,7-12H2,1-6H3. The maximum absolute atomic E-state index is 3.61. The normalized spacial score (nSPS) is 22.0. The molecule has 0 spiro atoms. The van der Waals surface area contributed by atoms with E-state index in [1.807, 2.05) is 0 Å². The molecular formula is C15H33N3. The maximum atomic E-state index is 3.61. The first-order valence-electron chi connectivity index (χ1n) is 7.52. The van der Waals surface area contributed by atoms with Gasteiger partial charge in [-0.25, -0.2) is 0 Å². The summed E-state index contributed by atoms with van der Waals surface area (Å²) in [6.45, 7) is 9.12. The van der Waals surface area contributed by atoms with Gasteiger partial charge in [-0.2, -0.15) is 0 Å². The molecule has 0 saturated heterocycles. The van der Waals surface area contributed by atoms with Crippen LogP contribution in [0.2, 0.25) is 0 Å². The predicted octanol–water partition coefficient (Wildman–Crippen LogP) is 2.18. The zero-order chi connectivity index (χ0) is 13.8. The van der Waals surface area contributed by atoms with Gasteiger partial charge in [-0.05, 0) is 60.7 Å². The van der Waals surface area contributed by atoms with E-state index in [4.69, 9.17) is 0 Å². The fourth-order valence-corrected chi connectivity index (χ4v) is 2.62. The lowest BCUT2D eigenvalue weighted by Crippen LogP contribution is -2.58. The van der Waals surface area contributed by atoms with Crippen LogP contribution in [0.4, 0.5) is 0 Å². The predicted molar refractivity (Wildman–Crippen MR) is 80.1 cm³/mol. The third-order valence-corrected chi connectivity index (χ3v) is 4.90. The Bertz CT molecular complexity index is 236. The van der Waals surface area contributed by atoms with Crippen molar-refractivity contribution < 1.29 is 0 Å². The lowest BCUT2D eigenvalue weighted by Gasteiger charge is -2.50. The smallest absolute Gasteiger partial charge is 0.0330 e. The van der Waals surface area contributed by atoms with Crippen molar-refractivity contribution in [3.8, 4) is 0 Å². The minimum atomic E-state index is 0.444. The minimum Gasteiger partial charge on any atom is -0.313 e. The van der Waals surface area contributed by atoms with Gasteiger partial charge < -0.3 is 15.1 Å². The average molecular weight is 255 g/mol. The first kappa shape index (κ1) is 15.9. The Morgan fingerprint density at radius 1 is 1.17 bits per heavy atom. The summed E-state index contributed by atoms with van der Waals surface area (Å²) in [5.74, 6) is 0. The van der Waals surface area contributed by atoms with Crippen LogP contribution in [0.5, 0.6) is 0 Å². The zero-order valence-corrected chi connectivity index (χ0v) is 13.3. The van der Waals surface area contributed by atoms with Crippen LogP contribution >= 0.6 is 0 Å². The molecule has 3 nitrogen and oxygen atoms in total. The third-order valence-electron chi connectivity index (χ3n) is 4.90. The minimum absolute atomic E-state index is 0.444. The molecular weight excluding hydrogens is 222 g/mol. The number of hydrogen-bond acceptors (Lipinski definition) is 3. The van der Waals surface area contributed by atoms with Crippen LogP contribution in [-0.2, 0) is 0 Å². The fraction of sp³-hybridized carbons (Fsp3) is 1.00. The monoisotopic (exact) mass is 255 g/mol. The van der Waals surface area contributed by atoms with Gasteiger partial charge in [-0.3, -0.25) is 0 Å². The highest BCUT2D eigenvalue weighted by Gasteiger charge is 2.40. The molecule has 0 aromatic carbocycles. The number of nitrogens with one attached hydrogen (secondary N) is 1. The average Bonchev–Trinajstić information content (AvgIpc) is 2.29. The Kier molecular flexibility index (Phi) is 6.09. The molecule has 1 fully saturated rings. The molecule has 1 rings (SSSR count). The Hall–Kier alpha value is -0.120. The zero-order valence-electron chi connectivity index (χ0n) is 13.3. The second-order valence-electron chi connectivity index (χ2n) is 6.45. The van der Waals surface area contributed by atoms with Crippen molar-refractivity contribution >= 4 is 0 Å². The quantitative estimate of drug-likeness (QED) is 0.717. The molecule has 1 N–H and O–H groups in total. The van der Waals surface area contributed by atoms with Gasteiger partial charge in [0.1, 0.15) is 0 Å². The Labute approximate surface area is 114 Å². The van der Waals surface area contributed by atoms with E-state index in [9.17, 15) is 0 Å². The summed E-state index contributed by atoms with van der Waals surface area (Å²) in [4.78, 5) is 4.95. The molecule has 1 aliphatic carbocycles. The van der Waals surface area contributed by atoms with Crippen LogP contribution < -0.4 is 5.32 Å². The van der Waals surface area contributed by atoms with E-state index in [2.05, 4.69) is 57.0 Å². The first-order chi connectivity index (χ1) is 8.41. The van der Waals surface area contributed by atoms with Crippen LogP contribution in [0.15, 0.2) is 0 Å². The SMILES string of the molecule is CCC(C)NCC(C)N(C)CC1(N(C)C)CCC1. The summed E-state index contributed by atoms with van der Waals surface area (Å²) in [5.41, 5.74) is 0.444. The van der Waals surface area contributed by atoms with E-state index in [0.717, 1.165) is 6.54 Å². The lowest BCUT2D eigenvalue weighted by atomic mass is 9.75. The van der Waals surface area contributed by atoms with E-state index < -0.39 is 0 Å². The maximum Gasteiger partial charge on any atom is 0.0330 e. The topological polar surface area (TPSA) is 18.5 Å². The molecule has 1 aliphatic rings. The highest BCUT2D eigenvalue weighted by molar-refractivity contribution is 4.98. The molecule has 18 heavy (non-hydrogen) atoms. The van der Waals surface area contributed by atoms with Gasteiger partial charge in [-0.1, -0.05) is 6.92 Å². The summed E-state index contributed by atoms with van der Waals surface area (Å²) in [5, 5.41) is 3.61. The van der Waals surface area contributed by atoms with Crippen molar-refractivity contribution in [2.75, 3.05) is 34.2 Å². The summed E-state index contributed by atoms with van der Waals surface area (Å²) < 4.78 is 0. The van der Waals surface area contributed by atoms with E-state index in [1.54, 1.807) is 0 Å². The fourth-order valence-electron chi connectivity index (χ4n) is 2.62. The molecule has 0 aromatic rings. The number of rotatable bonds is 8. The van der Waals surface area contributed by atoms with Crippen molar-refractivity contribution in [1.29, 1.82) is 0 Å². The molecule has 2 atom stereocenters. The number of likely N-dealkylation sites (N-methyl/N-ethyl adjacent to an activating group) is 2. The number of nitrogens with zero attached hydrogens (tertiary/aromatic N) is 2. The van der Waals surface area contributed by atoms with Gasteiger partial charge in [-0.15, -0.1) is 0 Å². The van der Waals surface area contributed by atoms with Crippen molar-refractivity contribution in [3.63, 3.8) is 0 Å². The van der Waals surface area contributed by atoms with Gasteiger partial charge in [0.05, 0.1) is 0 Å². The molecule has 0 heterocycles. The van der Waals surface area contributed by atoms with Crippen molar-refractivity contribution in [2.45, 2.75) is 64.1 Å². The first-order valence-corrected chi connectivity index (χ1v) is 7.52. The Morgan fingerprint density at radius 3 is 2.17 bits per heavy atom. The van der Waals surface area contributed by atoms with Crippen molar-refractivity contribution in [3.05, 3.63) is 0 Å². The van der Waals surface area contributed by atoms with Crippen molar-refractivity contribution in [2.24, 2.45) is 0 Å². The molecule has 0 bridgehead atoms. The van der Waals surface area contributed by atoms with Crippen LogP contribution in [-0.4, -0.2) is 61.7 Å². The van der Waals surface area contributed by atoms with E-state index in [-0.39, 0.29) is 0 Å². The largest absolute Gasteiger partial charge is 0.313 e. The van der Waals surface area contributed by atoms with Gasteiger partial charge in [0.15, 0.2) is 0 Å². The van der Waals surface area contributed by atoms with Crippen LogP contribution in [0, 0.1) is 0 Å². The second kappa shape index (κ2) is 6.88. The van der Waals surface area contributed by atoms with Crippen LogP contribution in [0.1, 0.15) is 46.5 Å². The van der Waals surface area contributed by atoms with E-state index in [0.29, 0.717) is 17.6 Å². The Morgan fingerprint density at radius 2 is 1.78 bits per heavy atom. The molecule has 0 aromatic heterocycles. The van der Waals surface area contributed by atoms with E-state index >= 15 is 0 Å². The van der Waals surface area contributed by atoms with Gasteiger partial charge >= 0.3 is 0 Å². The van der Waals surface area contributed by atoms with E-state index in [1.165, 1.54) is 32.2 Å². The molecule has 2 unspecified atom stereocenters. The molecule has 108 valence electrons. The lowest BCUT2D eigenvalue weighted by molar-refractivity contribution is 0.0180. The summed E-state index contributed by atoms with van der Waals surface area (Å²) in [6, 6.07) is 1.24. The van der Waals surface area contributed by atoms with Gasteiger partial charge in [0, 0.05) is 30.7 Å². The molecule has 3 heteroatoms. The van der Waals surface area contributed by atoms with Crippen LogP contribution in [0.25, 0.3) is 0 Å². The highest BCUT2D eigenvalue weighted by atomic mass is 15.2. The Balaban J connectivity index is 2.37. The summed E-state index contributed by atoms with van der Waals surface area (Å²) >= 11 is 0.